The summed E-state index contributed by atoms with van der Waals surface area (Å²) in [5, 5.41) is 0. The standard InChI is InChI=1S/C22H30N4O4/c1-28-17-30-19-10-9-18(24-21(19)22(27)29-2)7-4-6-12-25-13-15-26(16-14-25)20-8-3-5-11-23-20/h3,5,8-11H,4,6-7,12-17H2,1-2H3. The van der Waals surface area contributed by atoms with Crippen LogP contribution in [0.5, 0.6) is 5.75 Å². The van der Waals surface area contributed by atoms with Crippen molar-refractivity contribution in [2.45, 2.75) is 19.3 Å². The molecule has 162 valence electrons. The highest BCUT2D eigenvalue weighted by atomic mass is 16.7. The van der Waals surface area contributed by atoms with Crippen molar-refractivity contribution in [2.24, 2.45) is 0 Å². The molecule has 1 aliphatic heterocycles. The summed E-state index contributed by atoms with van der Waals surface area (Å²) in [5.41, 5.74) is 1.05. The fourth-order valence-electron chi connectivity index (χ4n) is 3.49. The second-order valence-electron chi connectivity index (χ2n) is 7.17. The first-order chi connectivity index (χ1) is 14.7. The number of methoxy groups -OCH3 is 2. The third-order valence-electron chi connectivity index (χ3n) is 5.13. The lowest BCUT2D eigenvalue weighted by Crippen LogP contribution is -2.46. The Labute approximate surface area is 177 Å². The molecule has 1 saturated heterocycles. The fourth-order valence-corrected chi connectivity index (χ4v) is 3.49. The Bertz CT molecular complexity index is 795. The highest BCUT2D eigenvalue weighted by molar-refractivity contribution is 5.90. The molecule has 8 heteroatoms. The number of esters is 1. The average molecular weight is 415 g/mol. The summed E-state index contributed by atoms with van der Waals surface area (Å²) in [6.07, 6.45) is 4.74. The van der Waals surface area contributed by atoms with Gasteiger partial charge in [-0.15, -0.1) is 0 Å². The molecule has 3 rings (SSSR count). The molecule has 30 heavy (non-hydrogen) atoms. The van der Waals surface area contributed by atoms with Gasteiger partial charge in [0.05, 0.1) is 7.11 Å². The lowest BCUT2D eigenvalue weighted by atomic mass is 10.1. The molecule has 0 amide bonds. The van der Waals surface area contributed by atoms with Gasteiger partial charge >= 0.3 is 5.97 Å². The molecule has 0 aromatic carbocycles. The third kappa shape index (κ3) is 6.14. The number of rotatable bonds is 10. The van der Waals surface area contributed by atoms with Crippen LogP contribution < -0.4 is 9.64 Å². The summed E-state index contributed by atoms with van der Waals surface area (Å²) in [7, 11) is 2.86. The highest BCUT2D eigenvalue weighted by Gasteiger charge is 2.18. The van der Waals surface area contributed by atoms with E-state index in [9.17, 15) is 4.79 Å². The van der Waals surface area contributed by atoms with E-state index >= 15 is 0 Å². The van der Waals surface area contributed by atoms with Gasteiger partial charge in [0.2, 0.25) is 0 Å². The van der Waals surface area contributed by atoms with Crippen LogP contribution in [0.15, 0.2) is 36.5 Å². The number of anilines is 1. The number of unbranched alkanes of at least 4 members (excludes halogenated alkanes) is 1. The quantitative estimate of drug-likeness (QED) is 0.333. The largest absolute Gasteiger partial charge is 0.465 e. The normalized spacial score (nSPS) is 14.5. The van der Waals surface area contributed by atoms with Crippen LogP contribution in [0.2, 0.25) is 0 Å². The maximum Gasteiger partial charge on any atom is 0.360 e. The summed E-state index contributed by atoms with van der Waals surface area (Å²) in [6, 6.07) is 9.69. The van der Waals surface area contributed by atoms with Gasteiger partial charge in [0.1, 0.15) is 5.82 Å². The number of nitrogens with zero attached hydrogens (tertiary/aromatic N) is 4. The minimum absolute atomic E-state index is 0.0542. The van der Waals surface area contributed by atoms with Crippen molar-refractivity contribution in [3.63, 3.8) is 0 Å². The lowest BCUT2D eigenvalue weighted by molar-refractivity contribution is 0.0457. The van der Waals surface area contributed by atoms with E-state index in [0.29, 0.717) is 5.75 Å². The number of aromatic nitrogens is 2. The van der Waals surface area contributed by atoms with Gasteiger partial charge in [-0.25, -0.2) is 14.8 Å². The van der Waals surface area contributed by atoms with Crippen molar-refractivity contribution >= 4 is 11.8 Å². The smallest absolute Gasteiger partial charge is 0.360 e. The molecule has 0 atom stereocenters. The van der Waals surface area contributed by atoms with Crippen LogP contribution >= 0.6 is 0 Å². The van der Waals surface area contributed by atoms with Crippen LogP contribution in [0.1, 0.15) is 29.0 Å². The van der Waals surface area contributed by atoms with E-state index in [1.165, 1.54) is 14.2 Å². The van der Waals surface area contributed by atoms with E-state index in [1.807, 2.05) is 24.4 Å². The zero-order valence-electron chi connectivity index (χ0n) is 17.7. The molecule has 0 N–H and O–H groups in total. The summed E-state index contributed by atoms with van der Waals surface area (Å²) in [6.45, 7) is 5.22. The maximum absolute atomic E-state index is 12.0. The first-order valence-electron chi connectivity index (χ1n) is 10.3. The van der Waals surface area contributed by atoms with E-state index < -0.39 is 5.97 Å². The van der Waals surface area contributed by atoms with Crippen LogP contribution in [0.4, 0.5) is 5.82 Å². The number of carbonyl (C=O) groups is 1. The monoisotopic (exact) mass is 414 g/mol. The van der Waals surface area contributed by atoms with Gasteiger partial charge in [-0.1, -0.05) is 6.07 Å². The summed E-state index contributed by atoms with van der Waals surface area (Å²) in [4.78, 5) is 25.7. The molecule has 0 spiro atoms. The predicted molar refractivity (Wildman–Crippen MR) is 114 cm³/mol. The molecule has 2 aromatic rings. The Kier molecular flexibility index (Phi) is 8.41. The Morgan fingerprint density at radius 2 is 1.90 bits per heavy atom. The average Bonchev–Trinajstić information content (AvgIpc) is 2.81. The van der Waals surface area contributed by atoms with Crippen molar-refractivity contribution in [3.8, 4) is 5.75 Å². The highest BCUT2D eigenvalue weighted by Crippen LogP contribution is 2.19. The minimum Gasteiger partial charge on any atom is -0.465 e. The number of carbonyl (C=O) groups excluding carboxylic acids is 1. The molecule has 0 saturated carbocycles. The van der Waals surface area contributed by atoms with Gasteiger partial charge in [0.15, 0.2) is 18.2 Å². The van der Waals surface area contributed by atoms with Gasteiger partial charge < -0.3 is 19.1 Å². The van der Waals surface area contributed by atoms with Gasteiger partial charge in [-0.2, -0.15) is 0 Å². The van der Waals surface area contributed by atoms with E-state index in [0.717, 1.165) is 63.5 Å². The van der Waals surface area contributed by atoms with Crippen molar-refractivity contribution in [2.75, 3.05) is 58.6 Å². The molecule has 0 bridgehead atoms. The van der Waals surface area contributed by atoms with Gasteiger partial charge in [0, 0.05) is 45.2 Å². The molecule has 0 radical (unpaired) electrons. The number of ether oxygens (including phenoxy) is 3. The topological polar surface area (TPSA) is 77.0 Å². The molecule has 1 fully saturated rings. The summed E-state index contributed by atoms with van der Waals surface area (Å²) in [5.74, 6) is 0.925. The second-order valence-corrected chi connectivity index (χ2v) is 7.17. The van der Waals surface area contributed by atoms with Crippen LogP contribution in [0.3, 0.4) is 0 Å². The number of hydrogen-bond donors (Lipinski definition) is 0. The van der Waals surface area contributed by atoms with Gasteiger partial charge in [-0.05, 0) is 50.1 Å². The van der Waals surface area contributed by atoms with Crippen LogP contribution in [0, 0.1) is 0 Å². The van der Waals surface area contributed by atoms with Crippen molar-refractivity contribution in [1.82, 2.24) is 14.9 Å². The van der Waals surface area contributed by atoms with E-state index in [2.05, 4.69) is 25.8 Å². The number of piperazine rings is 1. The van der Waals surface area contributed by atoms with Crippen LogP contribution in [0.25, 0.3) is 0 Å². The SMILES string of the molecule is COCOc1ccc(CCCCN2CCN(c3ccccn3)CC2)nc1C(=O)OC. The molecule has 0 aliphatic carbocycles. The molecule has 8 nitrogen and oxygen atoms in total. The maximum atomic E-state index is 12.0. The second kappa shape index (κ2) is 11.5. The number of aryl methyl sites for hydroxylation is 1. The van der Waals surface area contributed by atoms with E-state index in [-0.39, 0.29) is 12.5 Å². The van der Waals surface area contributed by atoms with Crippen LogP contribution in [-0.4, -0.2) is 74.6 Å². The van der Waals surface area contributed by atoms with E-state index in [4.69, 9.17) is 14.2 Å². The molecular formula is C22H30N4O4. The van der Waals surface area contributed by atoms with Crippen molar-refractivity contribution in [1.29, 1.82) is 0 Å². The molecular weight excluding hydrogens is 384 g/mol. The molecule has 1 aliphatic rings. The summed E-state index contributed by atoms with van der Waals surface area (Å²) < 4.78 is 15.1. The zero-order chi connectivity index (χ0) is 21.2. The van der Waals surface area contributed by atoms with Crippen molar-refractivity contribution in [3.05, 3.63) is 47.9 Å². The van der Waals surface area contributed by atoms with Crippen LogP contribution in [-0.2, 0) is 15.9 Å². The first kappa shape index (κ1) is 22.0. The van der Waals surface area contributed by atoms with E-state index in [1.54, 1.807) is 6.07 Å². The molecule has 2 aromatic heterocycles. The number of pyridine rings is 2. The summed E-state index contributed by atoms with van der Waals surface area (Å²) >= 11 is 0. The van der Waals surface area contributed by atoms with Gasteiger partial charge in [-0.3, -0.25) is 4.90 Å². The zero-order valence-corrected chi connectivity index (χ0v) is 17.7. The minimum atomic E-state index is -0.506. The molecule has 0 unspecified atom stereocenters. The predicted octanol–water partition coefficient (Wildman–Crippen LogP) is 2.39. The Hall–Kier alpha value is -2.71. The lowest BCUT2D eigenvalue weighted by Gasteiger charge is -2.35. The molecule has 3 heterocycles. The van der Waals surface area contributed by atoms with Crippen molar-refractivity contribution < 1.29 is 19.0 Å². The third-order valence-corrected chi connectivity index (χ3v) is 5.13. The fraction of sp³-hybridized carbons (Fsp3) is 0.500. The number of hydrogen-bond acceptors (Lipinski definition) is 8. The Morgan fingerprint density at radius 1 is 1.07 bits per heavy atom. The Morgan fingerprint density at radius 3 is 2.60 bits per heavy atom. The van der Waals surface area contributed by atoms with Gasteiger partial charge in [0.25, 0.3) is 0 Å². The first-order valence-corrected chi connectivity index (χ1v) is 10.3. The Balaban J connectivity index is 1.42.